The summed E-state index contributed by atoms with van der Waals surface area (Å²) in [6, 6.07) is 7.30. The highest BCUT2D eigenvalue weighted by Gasteiger charge is 2.23. The molecule has 6 nitrogen and oxygen atoms in total. The second-order valence-electron chi connectivity index (χ2n) is 5.00. The van der Waals surface area contributed by atoms with Crippen LogP contribution in [0, 0.1) is 0 Å². The van der Waals surface area contributed by atoms with E-state index in [2.05, 4.69) is 10.2 Å². The molecule has 1 aliphatic heterocycles. The van der Waals surface area contributed by atoms with Crippen LogP contribution in [0.3, 0.4) is 0 Å². The number of nitrogens with zero attached hydrogens (tertiary/aromatic N) is 3. The van der Waals surface area contributed by atoms with Gasteiger partial charge in [-0.15, -0.1) is 10.2 Å². The van der Waals surface area contributed by atoms with E-state index in [1.54, 1.807) is 18.1 Å². The summed E-state index contributed by atoms with van der Waals surface area (Å²) < 4.78 is 10.7. The first-order chi connectivity index (χ1) is 10.3. The summed E-state index contributed by atoms with van der Waals surface area (Å²) in [5, 5.41) is 7.83. The fourth-order valence-corrected chi connectivity index (χ4v) is 2.41. The third kappa shape index (κ3) is 2.89. The van der Waals surface area contributed by atoms with Gasteiger partial charge in [0.05, 0.1) is 7.11 Å². The average Bonchev–Trinajstić information content (AvgIpc) is 3.05. The van der Waals surface area contributed by atoms with E-state index in [0.29, 0.717) is 11.6 Å². The van der Waals surface area contributed by atoms with Gasteiger partial charge in [0.2, 0.25) is 5.89 Å². The van der Waals surface area contributed by atoms with Gasteiger partial charge in [-0.2, -0.15) is 0 Å². The smallest absolute Gasteiger partial charge is 0.311 e. The molecule has 1 saturated heterocycles. The number of hydrogen-bond donors (Lipinski definition) is 0. The van der Waals surface area contributed by atoms with E-state index >= 15 is 0 Å². The summed E-state index contributed by atoms with van der Waals surface area (Å²) in [6.45, 7) is 1.52. The van der Waals surface area contributed by atoms with Crippen molar-refractivity contribution in [3.05, 3.63) is 30.2 Å². The summed E-state index contributed by atoms with van der Waals surface area (Å²) >= 11 is 0. The first-order valence-corrected chi connectivity index (χ1v) is 7.05. The Hall–Kier alpha value is -2.37. The van der Waals surface area contributed by atoms with Crippen molar-refractivity contribution >= 4 is 5.91 Å². The van der Waals surface area contributed by atoms with Crippen molar-refractivity contribution in [2.45, 2.75) is 19.3 Å². The molecule has 110 valence electrons. The Morgan fingerprint density at radius 2 is 2.05 bits per heavy atom. The Labute approximate surface area is 122 Å². The van der Waals surface area contributed by atoms with Crippen molar-refractivity contribution in [2.24, 2.45) is 0 Å². The van der Waals surface area contributed by atoms with Crippen LogP contribution in [0.2, 0.25) is 0 Å². The molecule has 1 aromatic carbocycles. The monoisotopic (exact) mass is 287 g/mol. The Morgan fingerprint density at radius 1 is 1.24 bits per heavy atom. The van der Waals surface area contributed by atoms with Crippen LogP contribution in [0.15, 0.2) is 28.7 Å². The SMILES string of the molecule is COc1cccc(-c2nnc(C(=O)N3CCCCC3)o2)c1. The van der Waals surface area contributed by atoms with Gasteiger partial charge in [-0.05, 0) is 37.5 Å². The van der Waals surface area contributed by atoms with Crippen LogP contribution in [0.1, 0.15) is 29.9 Å². The van der Waals surface area contributed by atoms with Crippen LogP contribution in [0.4, 0.5) is 0 Å². The fourth-order valence-electron chi connectivity index (χ4n) is 2.41. The number of carbonyl (C=O) groups is 1. The van der Waals surface area contributed by atoms with Crippen molar-refractivity contribution in [3.63, 3.8) is 0 Å². The number of piperidine rings is 1. The van der Waals surface area contributed by atoms with E-state index in [9.17, 15) is 4.79 Å². The minimum atomic E-state index is -0.184. The quantitative estimate of drug-likeness (QED) is 0.867. The predicted octanol–water partition coefficient (Wildman–Crippen LogP) is 2.37. The third-order valence-corrected chi connectivity index (χ3v) is 3.57. The Kier molecular flexibility index (Phi) is 3.85. The maximum Gasteiger partial charge on any atom is 0.311 e. The largest absolute Gasteiger partial charge is 0.497 e. The molecule has 0 atom stereocenters. The molecule has 1 aromatic heterocycles. The molecule has 3 rings (SSSR count). The zero-order valence-corrected chi connectivity index (χ0v) is 11.9. The number of aromatic nitrogens is 2. The zero-order valence-electron chi connectivity index (χ0n) is 11.9. The van der Waals surface area contributed by atoms with Crippen molar-refractivity contribution in [1.29, 1.82) is 0 Å². The molecule has 0 unspecified atom stereocenters. The van der Waals surface area contributed by atoms with Gasteiger partial charge in [0, 0.05) is 18.7 Å². The van der Waals surface area contributed by atoms with Gasteiger partial charge >= 0.3 is 11.8 Å². The lowest BCUT2D eigenvalue weighted by Gasteiger charge is -2.24. The molecule has 6 heteroatoms. The first-order valence-electron chi connectivity index (χ1n) is 7.05. The lowest BCUT2D eigenvalue weighted by atomic mass is 10.1. The topological polar surface area (TPSA) is 68.5 Å². The van der Waals surface area contributed by atoms with Crippen molar-refractivity contribution in [2.75, 3.05) is 20.2 Å². The van der Waals surface area contributed by atoms with Gasteiger partial charge in [0.15, 0.2) is 0 Å². The summed E-state index contributed by atoms with van der Waals surface area (Å²) in [6.07, 6.45) is 3.23. The maximum absolute atomic E-state index is 12.3. The molecular weight excluding hydrogens is 270 g/mol. The number of amides is 1. The van der Waals surface area contributed by atoms with Crippen LogP contribution in [0.25, 0.3) is 11.5 Å². The molecule has 21 heavy (non-hydrogen) atoms. The van der Waals surface area contributed by atoms with Crippen LogP contribution in [0.5, 0.6) is 5.75 Å². The van der Waals surface area contributed by atoms with Crippen LogP contribution < -0.4 is 4.74 Å². The highest BCUT2D eigenvalue weighted by molar-refractivity contribution is 5.89. The average molecular weight is 287 g/mol. The highest BCUT2D eigenvalue weighted by Crippen LogP contribution is 2.23. The van der Waals surface area contributed by atoms with Crippen LogP contribution in [-0.4, -0.2) is 41.2 Å². The molecule has 0 aliphatic carbocycles. The number of ether oxygens (including phenoxy) is 1. The van der Waals surface area contributed by atoms with Crippen molar-refractivity contribution in [1.82, 2.24) is 15.1 Å². The Balaban J connectivity index is 1.80. The predicted molar refractivity (Wildman–Crippen MR) is 76.0 cm³/mol. The Bertz CT molecular complexity index is 633. The second-order valence-corrected chi connectivity index (χ2v) is 5.00. The van der Waals surface area contributed by atoms with E-state index in [0.717, 1.165) is 31.5 Å². The van der Waals surface area contributed by atoms with E-state index in [-0.39, 0.29) is 11.8 Å². The number of benzene rings is 1. The summed E-state index contributed by atoms with van der Waals surface area (Å²) in [5.41, 5.74) is 0.736. The fraction of sp³-hybridized carbons (Fsp3) is 0.400. The number of rotatable bonds is 3. The minimum Gasteiger partial charge on any atom is -0.497 e. The van der Waals surface area contributed by atoms with Gasteiger partial charge in [0.1, 0.15) is 5.75 Å². The van der Waals surface area contributed by atoms with Crippen LogP contribution in [-0.2, 0) is 0 Å². The molecule has 1 fully saturated rings. The number of likely N-dealkylation sites (tertiary alicyclic amines) is 1. The van der Waals surface area contributed by atoms with E-state index in [1.807, 2.05) is 18.2 Å². The summed E-state index contributed by atoms with van der Waals surface area (Å²) in [4.78, 5) is 14.0. The van der Waals surface area contributed by atoms with Gasteiger partial charge in [-0.3, -0.25) is 4.79 Å². The molecule has 1 amide bonds. The van der Waals surface area contributed by atoms with E-state index in [1.165, 1.54) is 6.42 Å². The van der Waals surface area contributed by atoms with Gasteiger partial charge in [-0.25, -0.2) is 0 Å². The van der Waals surface area contributed by atoms with E-state index < -0.39 is 0 Å². The maximum atomic E-state index is 12.3. The number of methoxy groups -OCH3 is 1. The summed E-state index contributed by atoms with van der Waals surface area (Å²) in [5.74, 6) is 0.898. The first kappa shape index (κ1) is 13.6. The molecule has 0 saturated carbocycles. The molecule has 0 bridgehead atoms. The lowest BCUT2D eigenvalue weighted by molar-refractivity contribution is 0.0684. The summed E-state index contributed by atoms with van der Waals surface area (Å²) in [7, 11) is 1.60. The molecule has 1 aliphatic rings. The standard InChI is InChI=1S/C15H17N3O3/c1-20-12-7-5-6-11(10-12)13-16-17-14(21-13)15(19)18-8-3-2-4-9-18/h5-7,10H,2-4,8-9H2,1H3. The lowest BCUT2D eigenvalue weighted by Crippen LogP contribution is -2.35. The Morgan fingerprint density at radius 3 is 2.81 bits per heavy atom. The van der Waals surface area contributed by atoms with Gasteiger partial charge < -0.3 is 14.1 Å². The van der Waals surface area contributed by atoms with Crippen molar-refractivity contribution < 1.29 is 13.9 Å². The minimum absolute atomic E-state index is 0.0507. The molecule has 0 spiro atoms. The molecule has 0 radical (unpaired) electrons. The zero-order chi connectivity index (χ0) is 14.7. The van der Waals surface area contributed by atoms with E-state index in [4.69, 9.17) is 9.15 Å². The van der Waals surface area contributed by atoms with Crippen molar-refractivity contribution in [3.8, 4) is 17.2 Å². The van der Waals surface area contributed by atoms with Crippen LogP contribution >= 0.6 is 0 Å². The number of hydrogen-bond acceptors (Lipinski definition) is 5. The van der Waals surface area contributed by atoms with Gasteiger partial charge in [0.25, 0.3) is 0 Å². The number of carbonyl (C=O) groups excluding carboxylic acids is 1. The molecule has 2 aromatic rings. The third-order valence-electron chi connectivity index (χ3n) is 3.57. The molecular formula is C15H17N3O3. The molecule has 0 N–H and O–H groups in total. The second kappa shape index (κ2) is 5.95. The normalized spacial score (nSPS) is 15.0. The van der Waals surface area contributed by atoms with Gasteiger partial charge in [-0.1, -0.05) is 6.07 Å². The highest BCUT2D eigenvalue weighted by atomic mass is 16.5. The molecule has 2 heterocycles.